The molecule has 81 heavy (non-hydrogen) atoms. The fourth-order valence-corrected chi connectivity index (χ4v) is 11.2. The Bertz CT molecular complexity index is 2910. The zero-order valence-corrected chi connectivity index (χ0v) is 41.4. The molecule has 0 saturated heterocycles. The van der Waals surface area contributed by atoms with Gasteiger partial charge in [-0.25, -0.2) is 0 Å². The summed E-state index contributed by atoms with van der Waals surface area (Å²) in [6.45, 7) is 0. The molecule has 2 nitrogen and oxygen atoms in total. The Hall–Kier alpha value is -7.13. The first-order valence-electron chi connectivity index (χ1n) is 22.6. The van der Waals surface area contributed by atoms with Gasteiger partial charge in [0, 0.05) is 25.3 Å². The number of hydrogen-bond acceptors (Lipinski definition) is 2. The van der Waals surface area contributed by atoms with Crippen molar-refractivity contribution in [1.82, 2.24) is 0 Å². The van der Waals surface area contributed by atoms with Gasteiger partial charge in [0.15, 0.2) is 19.7 Å². The molecule has 0 unspecified atom stereocenters. The topological polar surface area (TPSA) is 20.3 Å². The van der Waals surface area contributed by atoms with Crippen LogP contribution < -0.4 is 26.8 Å². The number of hydrogen-bond donors (Lipinski definition) is 0. The van der Waals surface area contributed by atoms with E-state index in [0.717, 1.165) is 21.0 Å². The lowest BCUT2D eigenvalue weighted by Crippen LogP contribution is -2.75. The lowest BCUT2D eigenvalue weighted by Gasteiger charge is -2.46. The molecular formula is C53H34BF24NOS. The maximum absolute atomic E-state index is 14.2. The Morgan fingerprint density at radius 1 is 0.321 bits per heavy atom. The smallest absolute Gasteiger partial charge is 0.378 e. The van der Waals surface area contributed by atoms with E-state index in [-0.39, 0.29) is 0 Å². The van der Waals surface area contributed by atoms with Gasteiger partial charge in [-0.15, -0.1) is 0 Å². The van der Waals surface area contributed by atoms with Gasteiger partial charge in [-0.05, 0) is 60.7 Å². The average Bonchev–Trinajstić information content (AvgIpc) is 3.03. The largest absolute Gasteiger partial charge is 0.416 e. The van der Waals surface area contributed by atoms with E-state index in [1.807, 2.05) is 74.8 Å². The zero-order valence-electron chi connectivity index (χ0n) is 40.6. The SMILES string of the molecule is CN(C)c1ccc(C[S+](=O)(c2ccccc2)c2ccccc2)cc1.FC(F)(F)c1cc([B-](c2cc(C(F)(F)F)cc(C(F)(F)F)c2)(c2cc(C(F)(F)F)cc(C(F)(F)F)c2)c2cc(C(F)(F)F)cc(C(F)(F)F)c2)cc(C(F)(F)F)c1. The lowest BCUT2D eigenvalue weighted by atomic mass is 9.12. The first kappa shape index (κ1) is 63.1. The van der Waals surface area contributed by atoms with Crippen LogP contribution in [0.2, 0.25) is 0 Å². The van der Waals surface area contributed by atoms with Crippen molar-refractivity contribution >= 4 is 43.6 Å². The molecule has 0 spiro atoms. The first-order valence-corrected chi connectivity index (χ1v) is 24.3. The third-order valence-corrected chi connectivity index (χ3v) is 15.3. The maximum Gasteiger partial charge on any atom is 0.416 e. The standard InChI is InChI=1S/C32H12BF24.C21H22NOS/c34-25(35,36)13-1-14(26(37,38)39)6-21(5-13)33(22-7-15(27(40,41)42)2-16(8-22)28(43,44)45,23-9-17(29(46,47)48)3-18(10-23)30(49,50)51)24-11-19(31(52,53)54)4-20(12-24)32(55,56)57;1-22(2)19-15-13-18(14-16-19)17-24(23,20-9-5-3-6-10-20)21-11-7-4-8-12-21/h1-12H;3-16H,17H2,1-2H3/q-1;+1. The summed E-state index contributed by atoms with van der Waals surface area (Å²) in [6, 6.07) is 19.0. The van der Waals surface area contributed by atoms with Crippen LogP contribution in [0.15, 0.2) is 168 Å². The third kappa shape index (κ3) is 14.3. The molecule has 0 atom stereocenters. The average molecular weight is 1200 g/mol. The Kier molecular flexibility index (Phi) is 17.1. The van der Waals surface area contributed by atoms with Gasteiger partial charge in [-0.3, -0.25) is 0 Å². The summed E-state index contributed by atoms with van der Waals surface area (Å²) in [5.41, 5.74) is -28.0. The second-order valence-electron chi connectivity index (χ2n) is 18.2. The van der Waals surface area contributed by atoms with Crippen molar-refractivity contribution in [1.29, 1.82) is 0 Å². The quantitative estimate of drug-likeness (QED) is 0.0816. The van der Waals surface area contributed by atoms with Crippen LogP contribution in [0.5, 0.6) is 0 Å². The van der Waals surface area contributed by atoms with Crippen LogP contribution >= 0.6 is 0 Å². The summed E-state index contributed by atoms with van der Waals surface area (Å²) in [4.78, 5) is 3.83. The van der Waals surface area contributed by atoms with Crippen molar-refractivity contribution in [3.05, 3.63) is 208 Å². The van der Waals surface area contributed by atoms with Gasteiger partial charge < -0.3 is 4.90 Å². The maximum atomic E-state index is 14.2. The van der Waals surface area contributed by atoms with Crippen molar-refractivity contribution in [3.63, 3.8) is 0 Å². The van der Waals surface area contributed by atoms with E-state index in [1.165, 1.54) is 0 Å². The van der Waals surface area contributed by atoms with Crippen molar-refractivity contribution in [2.75, 3.05) is 19.0 Å². The highest BCUT2D eigenvalue weighted by atomic mass is 32.2. The van der Waals surface area contributed by atoms with Gasteiger partial charge in [-0.2, -0.15) is 127 Å². The lowest BCUT2D eigenvalue weighted by molar-refractivity contribution is -0.144. The van der Waals surface area contributed by atoms with Gasteiger partial charge in [0.05, 0.1) is 44.5 Å². The van der Waals surface area contributed by atoms with Crippen LogP contribution in [-0.4, -0.2) is 20.2 Å². The van der Waals surface area contributed by atoms with E-state index in [1.54, 1.807) is 0 Å². The first-order chi connectivity index (χ1) is 36.9. The number of benzene rings is 7. The summed E-state index contributed by atoms with van der Waals surface area (Å²) in [5.74, 6) is 0.509. The molecule has 7 rings (SSSR count). The molecule has 0 radical (unpaired) electrons. The molecule has 0 bridgehead atoms. The molecule has 434 valence electrons. The fourth-order valence-electron chi connectivity index (χ4n) is 8.78. The summed E-state index contributed by atoms with van der Waals surface area (Å²) in [6.07, 6.45) is -54.8. The minimum atomic E-state index is -6.13. The van der Waals surface area contributed by atoms with Crippen molar-refractivity contribution in [2.45, 2.75) is 65.0 Å². The van der Waals surface area contributed by atoms with Crippen LogP contribution in [-0.2, 0) is 69.3 Å². The molecule has 0 aromatic heterocycles. The Morgan fingerprint density at radius 2 is 0.531 bits per heavy atom. The number of nitrogens with zero attached hydrogens (tertiary/aromatic N) is 1. The van der Waals surface area contributed by atoms with Crippen LogP contribution in [0.1, 0.15) is 50.1 Å². The molecule has 0 saturated carbocycles. The van der Waals surface area contributed by atoms with E-state index in [4.69, 9.17) is 0 Å². The molecule has 0 amide bonds. The Labute approximate surface area is 444 Å². The minimum absolute atomic E-state index is 0.509. The van der Waals surface area contributed by atoms with E-state index < -0.39 is 205 Å². The van der Waals surface area contributed by atoms with Crippen molar-refractivity contribution in [2.24, 2.45) is 0 Å². The van der Waals surface area contributed by atoms with Gasteiger partial charge in [0.25, 0.3) is 0 Å². The fraction of sp³-hybridized carbons (Fsp3) is 0.208. The number of halogens is 24. The van der Waals surface area contributed by atoms with Crippen LogP contribution in [0.4, 0.5) is 111 Å². The normalized spacial score (nSPS) is 13.4. The van der Waals surface area contributed by atoms with Crippen LogP contribution in [0.3, 0.4) is 0 Å². The highest BCUT2D eigenvalue weighted by molar-refractivity contribution is 8.02. The van der Waals surface area contributed by atoms with Crippen molar-refractivity contribution in [3.8, 4) is 0 Å². The molecule has 7 aromatic rings. The summed E-state index contributed by atoms with van der Waals surface area (Å²) in [5, 5.41) is 0. The van der Waals surface area contributed by atoms with Crippen LogP contribution in [0.25, 0.3) is 0 Å². The monoisotopic (exact) mass is 1200 g/mol. The minimum Gasteiger partial charge on any atom is -0.378 e. The molecule has 0 aliphatic heterocycles. The zero-order chi connectivity index (χ0) is 60.9. The number of anilines is 1. The van der Waals surface area contributed by atoms with E-state index >= 15 is 0 Å². The Morgan fingerprint density at radius 3 is 0.716 bits per heavy atom. The molecule has 0 aliphatic carbocycles. The van der Waals surface area contributed by atoms with Gasteiger partial charge in [0.2, 0.25) is 0 Å². The van der Waals surface area contributed by atoms with Gasteiger partial charge in [-0.1, -0.05) is 101 Å². The second-order valence-corrected chi connectivity index (χ2v) is 20.8. The second kappa shape index (κ2) is 22.0. The highest BCUT2D eigenvalue weighted by Gasteiger charge is 2.47. The predicted molar refractivity (Wildman–Crippen MR) is 252 cm³/mol. The van der Waals surface area contributed by atoms with Gasteiger partial charge >= 0.3 is 49.4 Å². The third-order valence-electron chi connectivity index (χ3n) is 12.5. The highest BCUT2D eigenvalue weighted by Crippen LogP contribution is 2.42. The Balaban J connectivity index is 0.000000363. The van der Waals surface area contributed by atoms with E-state index in [9.17, 15) is 110 Å². The van der Waals surface area contributed by atoms with E-state index in [0.29, 0.717) is 5.75 Å². The van der Waals surface area contributed by atoms with Gasteiger partial charge in [0.1, 0.15) is 11.9 Å². The van der Waals surface area contributed by atoms with Crippen molar-refractivity contribution < 1.29 is 110 Å². The molecule has 0 fully saturated rings. The summed E-state index contributed by atoms with van der Waals surface area (Å²) in [7, 11) is 1.69. The summed E-state index contributed by atoms with van der Waals surface area (Å²) >= 11 is 0. The number of rotatable bonds is 9. The molecule has 7 aromatic carbocycles. The van der Waals surface area contributed by atoms with E-state index in [2.05, 4.69) is 29.2 Å². The van der Waals surface area contributed by atoms with Crippen LogP contribution in [0, 0.1) is 0 Å². The molecular weight excluding hydrogens is 1170 g/mol. The predicted octanol–water partition coefficient (Wildman–Crippen LogP) is 16.1. The molecule has 0 heterocycles. The molecule has 28 heteroatoms. The molecule has 0 N–H and O–H groups in total. The summed E-state index contributed by atoms with van der Waals surface area (Å²) < 4.78 is 355. The molecule has 0 aliphatic rings. The number of alkyl halides is 24.